The lowest BCUT2D eigenvalue weighted by atomic mass is 9.96. The molecule has 0 radical (unpaired) electrons. The predicted molar refractivity (Wildman–Crippen MR) is 69.4 cm³/mol. The monoisotopic (exact) mass is 336 g/mol. The molecule has 0 unspecified atom stereocenters. The molecule has 0 bridgehead atoms. The Hall–Kier alpha value is -0.650. The van der Waals surface area contributed by atoms with E-state index in [1.165, 1.54) is 12.1 Å². The lowest BCUT2D eigenvalue weighted by Gasteiger charge is -2.20. The maximum absolute atomic E-state index is 13.7. The molecule has 0 N–H and O–H groups in total. The van der Waals surface area contributed by atoms with Crippen LogP contribution in [0, 0.1) is 5.82 Å². The average molecular weight is 336 g/mol. The molecule has 4 heteroatoms. The van der Waals surface area contributed by atoms with E-state index in [0.29, 0.717) is 11.1 Å². The molecule has 0 fully saturated rings. The Morgan fingerprint density at radius 1 is 1.50 bits per heavy atom. The van der Waals surface area contributed by atoms with Gasteiger partial charge in [0.2, 0.25) is 0 Å². The van der Waals surface area contributed by atoms with Crippen molar-refractivity contribution in [1.29, 1.82) is 0 Å². The number of esters is 1. The Kier molecular flexibility index (Phi) is 4.29. The maximum Gasteiger partial charge on any atom is 0.338 e. The summed E-state index contributed by atoms with van der Waals surface area (Å²) in [5.74, 6) is -0.841. The van der Waals surface area contributed by atoms with E-state index in [1.807, 2.05) is 13.8 Å². The van der Waals surface area contributed by atoms with E-state index in [-0.39, 0.29) is 12.4 Å². The van der Waals surface area contributed by atoms with Crippen LogP contribution in [0.15, 0.2) is 18.2 Å². The second-order valence-electron chi connectivity index (χ2n) is 3.86. The first kappa shape index (κ1) is 13.4. The summed E-state index contributed by atoms with van der Waals surface area (Å²) >= 11 is 2.11. The van der Waals surface area contributed by atoms with Crippen LogP contribution < -0.4 is 0 Å². The Bertz CT molecular complexity index is 396. The van der Waals surface area contributed by atoms with Crippen LogP contribution in [0.5, 0.6) is 0 Å². The van der Waals surface area contributed by atoms with E-state index < -0.39 is 9.39 Å². The molecule has 0 aromatic heterocycles. The molecule has 0 saturated heterocycles. The van der Waals surface area contributed by atoms with E-state index in [2.05, 4.69) is 22.6 Å². The van der Waals surface area contributed by atoms with Gasteiger partial charge in [0.25, 0.3) is 0 Å². The second kappa shape index (κ2) is 5.12. The molecule has 1 aromatic carbocycles. The molecule has 0 aliphatic carbocycles. The van der Waals surface area contributed by atoms with Crippen LogP contribution in [-0.2, 0) is 8.16 Å². The summed E-state index contributed by atoms with van der Waals surface area (Å²) in [7, 11) is 0. The minimum atomic E-state index is -0.471. The van der Waals surface area contributed by atoms with Gasteiger partial charge in [-0.2, -0.15) is 0 Å². The lowest BCUT2D eigenvalue weighted by Crippen LogP contribution is -2.17. The molecular weight excluding hydrogens is 322 g/mol. The SMILES string of the molecule is CCOC(=O)c1cccc(F)c1C(C)(C)I. The number of rotatable bonds is 3. The standard InChI is InChI=1S/C12H14FIO2/c1-4-16-11(15)8-6-5-7-9(13)10(8)12(2,3)14/h5-7H,4H2,1-3H3. The van der Waals surface area contributed by atoms with Gasteiger partial charge in [-0.25, -0.2) is 9.18 Å². The Morgan fingerprint density at radius 3 is 2.62 bits per heavy atom. The largest absolute Gasteiger partial charge is 0.462 e. The minimum absolute atomic E-state index is 0.288. The first-order valence-corrected chi connectivity index (χ1v) is 6.10. The Morgan fingerprint density at radius 2 is 2.12 bits per heavy atom. The van der Waals surface area contributed by atoms with Crippen LogP contribution in [-0.4, -0.2) is 12.6 Å². The molecule has 0 atom stereocenters. The van der Waals surface area contributed by atoms with Crippen LogP contribution >= 0.6 is 22.6 Å². The lowest BCUT2D eigenvalue weighted by molar-refractivity contribution is 0.0523. The third-order valence-corrected chi connectivity index (χ3v) is 2.64. The number of carbonyl (C=O) groups is 1. The van der Waals surface area contributed by atoms with Gasteiger partial charge in [0.1, 0.15) is 5.82 Å². The number of halogens is 2. The van der Waals surface area contributed by atoms with Crippen molar-refractivity contribution in [3.8, 4) is 0 Å². The first-order valence-electron chi connectivity index (χ1n) is 5.03. The third-order valence-electron chi connectivity index (χ3n) is 2.10. The van der Waals surface area contributed by atoms with Crippen molar-refractivity contribution < 1.29 is 13.9 Å². The molecule has 0 spiro atoms. The second-order valence-corrected chi connectivity index (χ2v) is 6.55. The fraction of sp³-hybridized carbons (Fsp3) is 0.417. The first-order chi connectivity index (χ1) is 7.38. The van der Waals surface area contributed by atoms with Crippen molar-refractivity contribution in [3.63, 3.8) is 0 Å². The van der Waals surface area contributed by atoms with Crippen LogP contribution in [0.3, 0.4) is 0 Å². The number of hydrogen-bond donors (Lipinski definition) is 0. The quantitative estimate of drug-likeness (QED) is 0.478. The van der Waals surface area contributed by atoms with E-state index in [4.69, 9.17) is 4.74 Å². The molecule has 1 aromatic rings. The van der Waals surface area contributed by atoms with Crippen molar-refractivity contribution in [2.45, 2.75) is 24.2 Å². The molecule has 1 rings (SSSR count). The number of alkyl halides is 1. The van der Waals surface area contributed by atoms with Crippen LogP contribution in [0.1, 0.15) is 36.7 Å². The fourth-order valence-corrected chi connectivity index (χ4v) is 2.06. The highest BCUT2D eigenvalue weighted by Crippen LogP contribution is 2.35. The van der Waals surface area contributed by atoms with Crippen molar-refractivity contribution in [2.24, 2.45) is 0 Å². The topological polar surface area (TPSA) is 26.3 Å². The summed E-state index contributed by atoms with van der Waals surface area (Å²) in [4.78, 5) is 11.7. The molecule has 16 heavy (non-hydrogen) atoms. The van der Waals surface area contributed by atoms with Gasteiger partial charge < -0.3 is 4.74 Å². The van der Waals surface area contributed by atoms with Crippen LogP contribution in [0.4, 0.5) is 4.39 Å². The highest BCUT2D eigenvalue weighted by molar-refractivity contribution is 14.1. The number of benzene rings is 1. The molecular formula is C12H14FIO2. The molecule has 0 aliphatic rings. The normalized spacial score (nSPS) is 11.3. The summed E-state index contributed by atoms with van der Waals surface area (Å²) < 4.78 is 18.2. The van der Waals surface area contributed by atoms with Gasteiger partial charge in [-0.05, 0) is 32.9 Å². The fourth-order valence-electron chi connectivity index (χ4n) is 1.51. The van der Waals surface area contributed by atoms with Crippen molar-refractivity contribution in [2.75, 3.05) is 6.61 Å². The van der Waals surface area contributed by atoms with Crippen molar-refractivity contribution >= 4 is 28.6 Å². The Balaban J connectivity index is 3.29. The zero-order valence-electron chi connectivity index (χ0n) is 9.51. The third kappa shape index (κ3) is 2.93. The zero-order valence-corrected chi connectivity index (χ0v) is 11.7. The van der Waals surface area contributed by atoms with E-state index in [1.54, 1.807) is 13.0 Å². The van der Waals surface area contributed by atoms with Gasteiger partial charge in [-0.3, -0.25) is 0 Å². The van der Waals surface area contributed by atoms with Gasteiger partial charge in [-0.1, -0.05) is 28.7 Å². The summed E-state index contributed by atoms with van der Waals surface area (Å²) in [6.07, 6.45) is 0. The van der Waals surface area contributed by atoms with Gasteiger partial charge in [0.15, 0.2) is 0 Å². The zero-order chi connectivity index (χ0) is 12.3. The van der Waals surface area contributed by atoms with Gasteiger partial charge in [0.05, 0.1) is 12.2 Å². The molecule has 0 aliphatic heterocycles. The van der Waals surface area contributed by atoms with Crippen LogP contribution in [0.25, 0.3) is 0 Å². The summed E-state index contributed by atoms with van der Waals surface area (Å²) in [5.41, 5.74) is 0.704. The highest BCUT2D eigenvalue weighted by Gasteiger charge is 2.27. The van der Waals surface area contributed by atoms with E-state index in [0.717, 1.165) is 0 Å². The van der Waals surface area contributed by atoms with Crippen molar-refractivity contribution in [1.82, 2.24) is 0 Å². The number of carbonyl (C=O) groups excluding carboxylic acids is 1. The predicted octanol–water partition coefficient (Wildman–Crippen LogP) is 3.67. The van der Waals surface area contributed by atoms with E-state index in [9.17, 15) is 9.18 Å². The molecule has 2 nitrogen and oxygen atoms in total. The van der Waals surface area contributed by atoms with Crippen molar-refractivity contribution in [3.05, 3.63) is 35.1 Å². The Labute approximate surface area is 108 Å². The molecule has 0 heterocycles. The van der Waals surface area contributed by atoms with Gasteiger partial charge in [-0.15, -0.1) is 0 Å². The molecule has 88 valence electrons. The summed E-state index contributed by atoms with van der Waals surface area (Å²) in [5, 5.41) is 0. The number of hydrogen-bond acceptors (Lipinski definition) is 2. The minimum Gasteiger partial charge on any atom is -0.462 e. The number of ether oxygens (including phenoxy) is 1. The van der Waals surface area contributed by atoms with Gasteiger partial charge in [0, 0.05) is 8.99 Å². The smallest absolute Gasteiger partial charge is 0.338 e. The maximum atomic E-state index is 13.7. The average Bonchev–Trinajstić information content (AvgIpc) is 2.15. The van der Waals surface area contributed by atoms with E-state index >= 15 is 0 Å². The molecule has 0 amide bonds. The summed E-state index contributed by atoms with van der Waals surface area (Å²) in [6.45, 7) is 5.73. The molecule has 0 saturated carbocycles. The highest BCUT2D eigenvalue weighted by atomic mass is 127. The summed E-state index contributed by atoms with van der Waals surface area (Å²) in [6, 6.07) is 4.47. The van der Waals surface area contributed by atoms with Crippen LogP contribution in [0.2, 0.25) is 0 Å². The van der Waals surface area contributed by atoms with Gasteiger partial charge >= 0.3 is 5.97 Å².